The van der Waals surface area contributed by atoms with Gasteiger partial charge in [0.25, 0.3) is 5.69 Å². The molecule has 1 aliphatic heterocycles. The third-order valence-corrected chi connectivity index (χ3v) is 3.95. The van der Waals surface area contributed by atoms with Crippen molar-refractivity contribution in [1.82, 2.24) is 0 Å². The number of nitrogens with zero attached hydrogens (tertiary/aromatic N) is 2. The molecule has 2 aromatic rings. The Labute approximate surface area is 158 Å². The van der Waals surface area contributed by atoms with Gasteiger partial charge in [0.1, 0.15) is 0 Å². The molecule has 0 fully saturated rings. The lowest BCUT2D eigenvalue weighted by atomic mass is 10.2. The molecular weight excluding hydrogens is 379 g/mol. The average Bonchev–Trinajstić information content (AvgIpc) is 2.95. The monoisotopic (exact) mass is 388 g/mol. The van der Waals surface area contributed by atoms with Crippen molar-refractivity contribution in [3.8, 4) is 0 Å². The summed E-state index contributed by atoms with van der Waals surface area (Å²) < 4.78 is 5.06. The fourth-order valence-electron chi connectivity index (χ4n) is 2.17. The van der Waals surface area contributed by atoms with Crippen LogP contribution in [0, 0.1) is 10.1 Å². The second-order valence-corrected chi connectivity index (χ2v) is 6.06. The zero-order valence-electron chi connectivity index (χ0n) is 13.1. The van der Waals surface area contributed by atoms with Crippen molar-refractivity contribution in [3.63, 3.8) is 0 Å². The molecule has 3 rings (SSSR count). The summed E-state index contributed by atoms with van der Waals surface area (Å²) >= 11 is 11.9. The maximum Gasteiger partial charge on any atom is 0.363 e. The lowest BCUT2D eigenvalue weighted by Gasteiger charge is -1.98. The Morgan fingerprint density at radius 2 is 1.92 bits per heavy atom. The molecule has 0 atom stereocenters. The first-order chi connectivity index (χ1) is 12.4. The van der Waals surface area contributed by atoms with Crippen molar-refractivity contribution in [2.45, 2.75) is 0 Å². The number of aliphatic imine (C=N–C) groups is 1. The van der Waals surface area contributed by atoms with Gasteiger partial charge < -0.3 is 4.74 Å². The minimum Gasteiger partial charge on any atom is -0.403 e. The summed E-state index contributed by atoms with van der Waals surface area (Å²) in [5, 5.41) is 11.6. The van der Waals surface area contributed by atoms with Gasteiger partial charge in [-0.3, -0.25) is 10.1 Å². The van der Waals surface area contributed by atoms with E-state index in [4.69, 9.17) is 27.9 Å². The lowest BCUT2D eigenvalue weighted by Crippen LogP contribution is -2.01. The Bertz CT molecular complexity index is 996. The Balaban J connectivity index is 1.83. The second kappa shape index (κ2) is 7.51. The van der Waals surface area contributed by atoms with Gasteiger partial charge in [-0.15, -0.1) is 0 Å². The molecule has 0 unspecified atom stereocenters. The van der Waals surface area contributed by atoms with Gasteiger partial charge >= 0.3 is 5.97 Å². The number of non-ortho nitro benzene ring substituents is 1. The number of halogens is 2. The second-order valence-electron chi connectivity index (χ2n) is 5.22. The van der Waals surface area contributed by atoms with Crippen molar-refractivity contribution in [3.05, 3.63) is 85.5 Å². The maximum absolute atomic E-state index is 11.9. The first kappa shape index (κ1) is 17.8. The minimum atomic E-state index is -0.616. The molecule has 0 spiro atoms. The van der Waals surface area contributed by atoms with Gasteiger partial charge in [0.05, 0.1) is 4.92 Å². The van der Waals surface area contributed by atoms with E-state index < -0.39 is 10.9 Å². The average molecular weight is 389 g/mol. The van der Waals surface area contributed by atoms with Crippen LogP contribution in [0.4, 0.5) is 5.69 Å². The summed E-state index contributed by atoms with van der Waals surface area (Å²) in [5.41, 5.74) is 1.22. The van der Waals surface area contributed by atoms with Crippen LogP contribution in [0.5, 0.6) is 0 Å². The molecule has 130 valence electrons. The Morgan fingerprint density at radius 3 is 2.65 bits per heavy atom. The topological polar surface area (TPSA) is 81.8 Å². The summed E-state index contributed by atoms with van der Waals surface area (Å²) in [6.07, 6.45) is 4.52. The standard InChI is InChI=1S/C18H10Cl2N2O4/c19-13-6-5-12(15(20)10-13)9-16-18(23)26-17(21-16)7-4-11-2-1-3-14(8-11)22(24)25/h1-10H. The Hall–Kier alpha value is -2.96. The molecule has 0 aliphatic carbocycles. The van der Waals surface area contributed by atoms with Crippen LogP contribution in [0.25, 0.3) is 12.2 Å². The number of benzene rings is 2. The molecule has 0 saturated heterocycles. The number of rotatable bonds is 4. The van der Waals surface area contributed by atoms with E-state index in [0.29, 0.717) is 21.2 Å². The summed E-state index contributed by atoms with van der Waals surface area (Å²) in [6, 6.07) is 10.9. The third kappa shape index (κ3) is 4.17. The number of nitro groups is 1. The van der Waals surface area contributed by atoms with Crippen molar-refractivity contribution in [1.29, 1.82) is 0 Å². The van der Waals surface area contributed by atoms with Gasteiger partial charge in [0.2, 0.25) is 5.90 Å². The van der Waals surface area contributed by atoms with E-state index in [2.05, 4.69) is 4.99 Å². The number of carbonyl (C=O) groups is 1. The van der Waals surface area contributed by atoms with E-state index in [1.807, 2.05) is 0 Å². The number of carbonyl (C=O) groups excluding carboxylic acids is 1. The molecule has 26 heavy (non-hydrogen) atoms. The van der Waals surface area contributed by atoms with Crippen LogP contribution < -0.4 is 0 Å². The van der Waals surface area contributed by atoms with Gasteiger partial charge in [0, 0.05) is 28.3 Å². The van der Waals surface area contributed by atoms with Crippen LogP contribution in [0.3, 0.4) is 0 Å². The molecule has 0 amide bonds. The largest absolute Gasteiger partial charge is 0.403 e. The number of hydrogen-bond acceptors (Lipinski definition) is 5. The molecule has 0 aromatic heterocycles. The molecule has 6 nitrogen and oxygen atoms in total. The van der Waals surface area contributed by atoms with Gasteiger partial charge in [-0.05, 0) is 35.4 Å². The predicted octanol–water partition coefficient (Wildman–Crippen LogP) is 4.91. The fraction of sp³-hybridized carbons (Fsp3) is 0. The molecular formula is C18H10Cl2N2O4. The Kier molecular flexibility index (Phi) is 5.16. The molecule has 0 N–H and O–H groups in total. The molecule has 0 saturated carbocycles. The van der Waals surface area contributed by atoms with Crippen molar-refractivity contribution < 1.29 is 14.5 Å². The highest BCUT2D eigenvalue weighted by Gasteiger charge is 2.21. The summed E-state index contributed by atoms with van der Waals surface area (Å²) in [5.74, 6) is -0.535. The lowest BCUT2D eigenvalue weighted by molar-refractivity contribution is -0.384. The van der Waals surface area contributed by atoms with Gasteiger partial charge in [0.15, 0.2) is 5.70 Å². The predicted molar refractivity (Wildman–Crippen MR) is 100 cm³/mol. The van der Waals surface area contributed by atoms with E-state index in [9.17, 15) is 14.9 Å². The van der Waals surface area contributed by atoms with Gasteiger partial charge in [-0.2, -0.15) is 0 Å². The van der Waals surface area contributed by atoms with Crippen molar-refractivity contribution >= 4 is 52.9 Å². The SMILES string of the molecule is O=C1OC(C=Cc2cccc([N+](=O)[O-])c2)=NC1=Cc1ccc(Cl)cc1Cl. The normalized spacial score (nSPS) is 15.4. The zero-order valence-corrected chi connectivity index (χ0v) is 14.6. The van der Waals surface area contributed by atoms with E-state index in [1.54, 1.807) is 36.4 Å². The van der Waals surface area contributed by atoms with E-state index in [0.717, 1.165) is 0 Å². The summed E-state index contributed by atoms with van der Waals surface area (Å²) in [6.45, 7) is 0. The highest BCUT2D eigenvalue weighted by molar-refractivity contribution is 6.35. The molecule has 0 bridgehead atoms. The Morgan fingerprint density at radius 1 is 1.12 bits per heavy atom. The molecule has 0 radical (unpaired) electrons. The van der Waals surface area contributed by atoms with Crippen LogP contribution in [-0.4, -0.2) is 16.8 Å². The number of ether oxygens (including phenoxy) is 1. The molecule has 1 aliphatic rings. The summed E-state index contributed by atoms with van der Waals surface area (Å²) in [7, 11) is 0. The third-order valence-electron chi connectivity index (χ3n) is 3.39. The minimum absolute atomic E-state index is 0.0320. The molecule has 1 heterocycles. The van der Waals surface area contributed by atoms with Gasteiger partial charge in [-0.25, -0.2) is 9.79 Å². The van der Waals surface area contributed by atoms with E-state index in [-0.39, 0.29) is 17.3 Å². The molecule has 2 aromatic carbocycles. The highest BCUT2D eigenvalue weighted by Crippen LogP contribution is 2.25. The zero-order chi connectivity index (χ0) is 18.7. The first-order valence-electron chi connectivity index (χ1n) is 7.32. The number of nitro benzene ring substituents is 1. The van der Waals surface area contributed by atoms with E-state index in [1.165, 1.54) is 24.3 Å². The van der Waals surface area contributed by atoms with E-state index >= 15 is 0 Å². The maximum atomic E-state index is 11.9. The van der Waals surface area contributed by atoms with Crippen molar-refractivity contribution in [2.24, 2.45) is 4.99 Å². The first-order valence-corrected chi connectivity index (χ1v) is 8.08. The van der Waals surface area contributed by atoms with Crippen LogP contribution >= 0.6 is 23.2 Å². The van der Waals surface area contributed by atoms with Crippen LogP contribution in [-0.2, 0) is 9.53 Å². The van der Waals surface area contributed by atoms with Crippen LogP contribution in [0.1, 0.15) is 11.1 Å². The van der Waals surface area contributed by atoms with Crippen LogP contribution in [0.2, 0.25) is 10.0 Å². The molecule has 8 heteroatoms. The van der Waals surface area contributed by atoms with Crippen molar-refractivity contribution in [2.75, 3.05) is 0 Å². The quantitative estimate of drug-likeness (QED) is 0.322. The summed E-state index contributed by atoms with van der Waals surface area (Å²) in [4.78, 5) is 26.3. The number of esters is 1. The smallest absolute Gasteiger partial charge is 0.363 e. The number of cyclic esters (lactones) is 1. The highest BCUT2D eigenvalue weighted by atomic mass is 35.5. The van der Waals surface area contributed by atoms with Gasteiger partial charge in [-0.1, -0.05) is 41.4 Å². The number of hydrogen-bond donors (Lipinski definition) is 0. The van der Waals surface area contributed by atoms with Crippen LogP contribution in [0.15, 0.2) is 59.2 Å². The fourth-order valence-corrected chi connectivity index (χ4v) is 2.64.